The first-order valence-electron chi connectivity index (χ1n) is 3.97. The number of carbonyl (C=O) groups is 1. The van der Waals surface area contributed by atoms with E-state index in [0.29, 0.717) is 5.75 Å². The Balaban J connectivity index is 2.29. The molecule has 1 heterocycles. The van der Waals surface area contributed by atoms with E-state index in [0.717, 1.165) is 12.1 Å². The summed E-state index contributed by atoms with van der Waals surface area (Å²) < 4.78 is 22.9. The molecule has 0 bridgehead atoms. The summed E-state index contributed by atoms with van der Waals surface area (Å²) in [5.41, 5.74) is 5.01. The van der Waals surface area contributed by atoms with E-state index in [-0.39, 0.29) is 12.4 Å². The fourth-order valence-corrected chi connectivity index (χ4v) is 1.12. The van der Waals surface area contributed by atoms with Crippen molar-refractivity contribution >= 4 is 5.91 Å². The number of carbonyl (C=O) groups excluding carboxylic acids is 1. The first-order valence-corrected chi connectivity index (χ1v) is 3.97. The lowest BCUT2D eigenvalue weighted by Gasteiger charge is -2.23. The Bertz CT molecular complexity index is 380. The van der Waals surface area contributed by atoms with E-state index in [1.807, 2.05) is 0 Å². The van der Waals surface area contributed by atoms with Gasteiger partial charge in [0, 0.05) is 12.1 Å². The highest BCUT2D eigenvalue weighted by molar-refractivity contribution is 5.79. The number of hydrogen-bond donors (Lipinski definition) is 1. The minimum absolute atomic E-state index is 0.0322. The molecule has 1 aromatic carbocycles. The molecule has 2 rings (SSSR count). The normalized spacial score (nSPS) is 19.1. The second kappa shape index (κ2) is 3.17. The van der Waals surface area contributed by atoms with Crippen molar-refractivity contribution in [1.82, 2.24) is 0 Å². The van der Waals surface area contributed by atoms with Gasteiger partial charge in [0.2, 0.25) is 6.10 Å². The third kappa shape index (κ3) is 1.48. The number of rotatable bonds is 1. The van der Waals surface area contributed by atoms with Crippen LogP contribution in [-0.2, 0) is 4.79 Å². The second-order valence-corrected chi connectivity index (χ2v) is 2.83. The van der Waals surface area contributed by atoms with Crippen molar-refractivity contribution in [3.05, 3.63) is 24.0 Å². The number of ether oxygens (including phenoxy) is 2. The van der Waals surface area contributed by atoms with Gasteiger partial charge in [-0.05, 0) is 6.07 Å². The van der Waals surface area contributed by atoms with Crippen LogP contribution >= 0.6 is 0 Å². The van der Waals surface area contributed by atoms with Crippen LogP contribution in [0.1, 0.15) is 0 Å². The number of amides is 1. The van der Waals surface area contributed by atoms with Gasteiger partial charge in [-0.15, -0.1) is 0 Å². The summed E-state index contributed by atoms with van der Waals surface area (Å²) in [5, 5.41) is 0. The summed E-state index contributed by atoms with van der Waals surface area (Å²) in [7, 11) is 0. The molecule has 2 N–H and O–H groups in total. The molecule has 1 atom stereocenters. The maximum absolute atomic E-state index is 12.7. The molecule has 0 fully saturated rings. The molecule has 1 aliphatic heterocycles. The molecule has 0 aromatic heterocycles. The molecule has 0 saturated heterocycles. The third-order valence-electron chi connectivity index (χ3n) is 1.80. The smallest absolute Gasteiger partial charge is 0.262 e. The molecule has 1 aliphatic rings. The lowest BCUT2D eigenvalue weighted by Crippen LogP contribution is -2.40. The minimum Gasteiger partial charge on any atom is -0.485 e. The molecule has 0 aliphatic carbocycles. The van der Waals surface area contributed by atoms with Crippen LogP contribution in [-0.4, -0.2) is 18.6 Å². The molecular weight excluding hydrogens is 189 g/mol. The van der Waals surface area contributed by atoms with Crippen molar-refractivity contribution in [2.45, 2.75) is 6.10 Å². The van der Waals surface area contributed by atoms with Gasteiger partial charge in [-0.2, -0.15) is 0 Å². The monoisotopic (exact) mass is 196 g/mol. The standard InChI is InChI=1S/C9H7FNO3/c10-5-1-2-6-7(3-5)14-8(4-13-6)9(11)12/h1,3,8H,4H2,(H2,11,12). The zero-order chi connectivity index (χ0) is 10.1. The third-order valence-corrected chi connectivity index (χ3v) is 1.80. The second-order valence-electron chi connectivity index (χ2n) is 2.83. The number of halogens is 1. The first kappa shape index (κ1) is 8.80. The zero-order valence-corrected chi connectivity index (χ0v) is 7.12. The fraction of sp³-hybridized carbons (Fsp3) is 0.222. The Morgan fingerprint density at radius 3 is 3.21 bits per heavy atom. The van der Waals surface area contributed by atoms with Crippen LogP contribution in [0.15, 0.2) is 12.1 Å². The Kier molecular flexibility index (Phi) is 1.99. The van der Waals surface area contributed by atoms with Crippen molar-refractivity contribution in [2.24, 2.45) is 5.73 Å². The van der Waals surface area contributed by atoms with Gasteiger partial charge in [-0.3, -0.25) is 4.79 Å². The summed E-state index contributed by atoms with van der Waals surface area (Å²) >= 11 is 0. The Labute approximate surface area is 79.4 Å². The fourth-order valence-electron chi connectivity index (χ4n) is 1.12. The summed E-state index contributed by atoms with van der Waals surface area (Å²) in [6.45, 7) is 0.0322. The van der Waals surface area contributed by atoms with E-state index in [4.69, 9.17) is 15.2 Å². The van der Waals surface area contributed by atoms with Gasteiger partial charge < -0.3 is 15.2 Å². The molecule has 73 valence electrons. The van der Waals surface area contributed by atoms with Crippen LogP contribution in [0, 0.1) is 11.9 Å². The number of benzene rings is 1. The molecule has 4 nitrogen and oxygen atoms in total. The number of primary amides is 1. The number of nitrogens with two attached hydrogens (primary N) is 1. The van der Waals surface area contributed by atoms with Gasteiger partial charge >= 0.3 is 0 Å². The van der Waals surface area contributed by atoms with Crippen LogP contribution in [0.2, 0.25) is 0 Å². The predicted octanol–water partition coefficient (Wildman–Crippen LogP) is 0.251. The maximum atomic E-state index is 12.7. The molecular formula is C9H7FNO3. The molecule has 0 saturated carbocycles. The lowest BCUT2D eigenvalue weighted by atomic mass is 10.2. The van der Waals surface area contributed by atoms with Crippen LogP contribution in [0.5, 0.6) is 11.5 Å². The predicted molar refractivity (Wildman–Crippen MR) is 44.3 cm³/mol. The van der Waals surface area contributed by atoms with Crippen LogP contribution < -0.4 is 15.2 Å². The Morgan fingerprint density at radius 2 is 2.50 bits per heavy atom. The zero-order valence-electron chi connectivity index (χ0n) is 7.12. The van der Waals surface area contributed by atoms with Gasteiger partial charge in [0.05, 0.1) is 0 Å². The van der Waals surface area contributed by atoms with Crippen molar-refractivity contribution in [3.63, 3.8) is 0 Å². The largest absolute Gasteiger partial charge is 0.485 e. The van der Waals surface area contributed by atoms with E-state index in [9.17, 15) is 9.18 Å². The van der Waals surface area contributed by atoms with E-state index < -0.39 is 17.8 Å². The summed E-state index contributed by atoms with van der Waals surface area (Å²) in [6.07, 6.45) is -0.863. The molecule has 1 radical (unpaired) electrons. The first-order chi connectivity index (χ1) is 6.66. The average molecular weight is 196 g/mol. The lowest BCUT2D eigenvalue weighted by molar-refractivity contribution is -0.127. The number of hydrogen-bond acceptors (Lipinski definition) is 3. The number of fused-ring (bicyclic) bond motifs is 1. The maximum Gasteiger partial charge on any atom is 0.262 e. The van der Waals surface area contributed by atoms with E-state index in [1.54, 1.807) is 0 Å². The van der Waals surface area contributed by atoms with Crippen molar-refractivity contribution in [2.75, 3.05) is 6.61 Å². The van der Waals surface area contributed by atoms with Crippen molar-refractivity contribution in [3.8, 4) is 11.5 Å². The molecule has 1 amide bonds. The topological polar surface area (TPSA) is 61.6 Å². The average Bonchev–Trinajstić information content (AvgIpc) is 2.16. The van der Waals surface area contributed by atoms with Crippen LogP contribution in [0.3, 0.4) is 0 Å². The molecule has 1 aromatic rings. The van der Waals surface area contributed by atoms with E-state index in [2.05, 4.69) is 6.07 Å². The summed E-state index contributed by atoms with van der Waals surface area (Å²) in [4.78, 5) is 10.8. The highest BCUT2D eigenvalue weighted by atomic mass is 19.1. The quantitative estimate of drug-likeness (QED) is 0.700. The van der Waals surface area contributed by atoms with Gasteiger partial charge in [-0.1, -0.05) is 0 Å². The highest BCUT2D eigenvalue weighted by Gasteiger charge is 2.25. The van der Waals surface area contributed by atoms with Gasteiger partial charge in [0.15, 0.2) is 11.5 Å². The summed E-state index contributed by atoms with van der Waals surface area (Å²) in [6, 6.07) is 4.80. The van der Waals surface area contributed by atoms with Crippen molar-refractivity contribution < 1.29 is 18.7 Å². The Morgan fingerprint density at radius 1 is 1.71 bits per heavy atom. The van der Waals surface area contributed by atoms with Gasteiger partial charge in [0.1, 0.15) is 12.4 Å². The highest BCUT2D eigenvalue weighted by Crippen LogP contribution is 2.31. The molecule has 14 heavy (non-hydrogen) atoms. The van der Waals surface area contributed by atoms with Gasteiger partial charge in [-0.25, -0.2) is 4.39 Å². The van der Waals surface area contributed by atoms with Gasteiger partial charge in [0.25, 0.3) is 5.91 Å². The van der Waals surface area contributed by atoms with Crippen LogP contribution in [0.25, 0.3) is 0 Å². The van der Waals surface area contributed by atoms with Crippen molar-refractivity contribution in [1.29, 1.82) is 0 Å². The van der Waals surface area contributed by atoms with Crippen LogP contribution in [0.4, 0.5) is 4.39 Å². The summed E-state index contributed by atoms with van der Waals surface area (Å²) in [5.74, 6) is -0.693. The van der Waals surface area contributed by atoms with E-state index in [1.165, 1.54) is 0 Å². The van der Waals surface area contributed by atoms with E-state index >= 15 is 0 Å². The molecule has 1 unspecified atom stereocenters. The molecule has 0 spiro atoms. The minimum atomic E-state index is -0.863. The SMILES string of the molecule is NC(=O)C1COc2[c]cc(F)cc2O1. The Hall–Kier alpha value is -1.78. The molecule has 5 heteroatoms.